The second kappa shape index (κ2) is 8.28. The molecule has 0 atom stereocenters. The third-order valence-electron chi connectivity index (χ3n) is 4.42. The number of halogens is 3. The Balaban J connectivity index is 1.73. The molecule has 0 fully saturated rings. The first-order valence-electron chi connectivity index (χ1n) is 8.75. The lowest BCUT2D eigenvalue weighted by molar-refractivity contribution is -0.137. The second-order valence-corrected chi connectivity index (χ2v) is 7.44. The van der Waals surface area contributed by atoms with E-state index in [2.05, 4.69) is 15.5 Å². The molecule has 3 rings (SSSR count). The van der Waals surface area contributed by atoms with Crippen LogP contribution in [0.1, 0.15) is 22.5 Å². The van der Waals surface area contributed by atoms with Gasteiger partial charge in [0.05, 0.1) is 17.0 Å². The van der Waals surface area contributed by atoms with E-state index in [4.69, 9.17) is 0 Å². The van der Waals surface area contributed by atoms with Crippen molar-refractivity contribution in [2.75, 3.05) is 11.1 Å². The molecule has 0 spiro atoms. The van der Waals surface area contributed by atoms with Gasteiger partial charge in [0.2, 0.25) is 5.91 Å². The molecule has 5 nitrogen and oxygen atoms in total. The number of carbonyl (C=O) groups excluding carboxylic acids is 1. The molecule has 0 aliphatic rings. The van der Waals surface area contributed by atoms with Gasteiger partial charge in [-0.05, 0) is 56.2 Å². The zero-order valence-corrected chi connectivity index (χ0v) is 16.9. The van der Waals surface area contributed by atoms with E-state index in [1.807, 2.05) is 43.5 Å². The summed E-state index contributed by atoms with van der Waals surface area (Å²) in [4.78, 5) is 12.3. The van der Waals surface area contributed by atoms with E-state index in [9.17, 15) is 18.0 Å². The number of rotatable bonds is 5. The number of hydrogen-bond donors (Lipinski definition) is 1. The topological polar surface area (TPSA) is 59.8 Å². The van der Waals surface area contributed by atoms with Gasteiger partial charge in [0, 0.05) is 5.69 Å². The minimum absolute atomic E-state index is 0.0146. The first-order valence-corrected chi connectivity index (χ1v) is 9.74. The van der Waals surface area contributed by atoms with E-state index in [0.717, 1.165) is 28.9 Å². The third-order valence-corrected chi connectivity index (χ3v) is 5.35. The van der Waals surface area contributed by atoms with Crippen LogP contribution in [0.5, 0.6) is 0 Å². The number of amides is 1. The minimum atomic E-state index is -4.46. The van der Waals surface area contributed by atoms with Crippen LogP contribution in [0.15, 0.2) is 47.6 Å². The normalized spacial score (nSPS) is 11.5. The Morgan fingerprint density at radius 1 is 1.10 bits per heavy atom. The molecule has 2 aromatic carbocycles. The van der Waals surface area contributed by atoms with Crippen molar-refractivity contribution in [3.63, 3.8) is 0 Å². The third kappa shape index (κ3) is 4.79. The van der Waals surface area contributed by atoms with Crippen molar-refractivity contribution in [3.05, 3.63) is 65.0 Å². The Morgan fingerprint density at radius 3 is 2.55 bits per heavy atom. The number of nitrogens with zero attached hydrogens (tertiary/aromatic N) is 3. The summed E-state index contributed by atoms with van der Waals surface area (Å²) < 4.78 is 40.3. The van der Waals surface area contributed by atoms with Crippen LogP contribution >= 0.6 is 11.8 Å². The fourth-order valence-electron chi connectivity index (χ4n) is 2.79. The second-order valence-electron chi connectivity index (χ2n) is 6.50. The first-order chi connectivity index (χ1) is 13.7. The van der Waals surface area contributed by atoms with Crippen LogP contribution in [0.4, 0.5) is 18.9 Å². The van der Waals surface area contributed by atoms with Gasteiger partial charge in [-0.1, -0.05) is 30.0 Å². The van der Waals surface area contributed by atoms with E-state index in [0.29, 0.717) is 11.0 Å². The molecular formula is C20H19F3N4OS. The van der Waals surface area contributed by atoms with Gasteiger partial charge < -0.3 is 5.32 Å². The number of aryl methyl sites for hydroxylation is 2. The van der Waals surface area contributed by atoms with Crippen molar-refractivity contribution in [2.45, 2.75) is 32.1 Å². The molecule has 0 unspecified atom stereocenters. The highest BCUT2D eigenvalue weighted by Crippen LogP contribution is 2.31. The van der Waals surface area contributed by atoms with E-state index < -0.39 is 17.6 Å². The molecule has 1 aromatic heterocycles. The molecule has 0 saturated carbocycles. The fraction of sp³-hybridized carbons (Fsp3) is 0.250. The molecule has 29 heavy (non-hydrogen) atoms. The Hall–Kier alpha value is -2.81. The maximum absolute atomic E-state index is 12.8. The molecule has 3 aromatic rings. The highest BCUT2D eigenvalue weighted by Gasteiger charge is 2.30. The molecule has 0 bridgehead atoms. The molecule has 0 aliphatic heterocycles. The van der Waals surface area contributed by atoms with E-state index in [-0.39, 0.29) is 11.4 Å². The molecule has 1 N–H and O–H groups in total. The highest BCUT2D eigenvalue weighted by molar-refractivity contribution is 7.99. The number of thioether (sulfide) groups is 1. The lowest BCUT2D eigenvalue weighted by Crippen LogP contribution is -2.15. The zero-order chi connectivity index (χ0) is 21.2. The summed E-state index contributed by atoms with van der Waals surface area (Å²) in [5.74, 6) is 0.237. The van der Waals surface area contributed by atoms with Gasteiger partial charge >= 0.3 is 6.18 Å². The average molecular weight is 420 g/mol. The summed E-state index contributed by atoms with van der Waals surface area (Å²) in [7, 11) is 0. The Bertz CT molecular complexity index is 1050. The van der Waals surface area contributed by atoms with Gasteiger partial charge in [0.25, 0.3) is 0 Å². The molecule has 1 amide bonds. The molecule has 0 aliphatic carbocycles. The number of hydrogen-bond acceptors (Lipinski definition) is 4. The van der Waals surface area contributed by atoms with Gasteiger partial charge in [-0.25, -0.2) is 0 Å². The molecular weight excluding hydrogens is 401 g/mol. The number of alkyl halides is 3. The first kappa shape index (κ1) is 20.9. The number of nitrogens with one attached hydrogen (secondary N) is 1. The van der Waals surface area contributed by atoms with Crippen molar-refractivity contribution in [3.8, 4) is 5.69 Å². The Kier molecular flexibility index (Phi) is 5.97. The highest BCUT2D eigenvalue weighted by atomic mass is 32.2. The maximum Gasteiger partial charge on any atom is 0.416 e. The van der Waals surface area contributed by atoms with Crippen molar-refractivity contribution in [1.82, 2.24) is 14.8 Å². The maximum atomic E-state index is 12.8. The zero-order valence-electron chi connectivity index (χ0n) is 16.0. The summed E-state index contributed by atoms with van der Waals surface area (Å²) in [5, 5.41) is 11.3. The van der Waals surface area contributed by atoms with Gasteiger partial charge in [-0.3, -0.25) is 9.36 Å². The smallest absolute Gasteiger partial charge is 0.325 e. The van der Waals surface area contributed by atoms with Gasteiger partial charge in [-0.15, -0.1) is 10.2 Å². The van der Waals surface area contributed by atoms with Crippen LogP contribution in [0.3, 0.4) is 0 Å². The summed E-state index contributed by atoms with van der Waals surface area (Å²) in [6.45, 7) is 5.83. The Labute approximate surface area is 170 Å². The molecule has 0 saturated heterocycles. The number of anilines is 1. The number of aromatic nitrogens is 3. The summed E-state index contributed by atoms with van der Waals surface area (Å²) in [6, 6.07) is 10.4. The van der Waals surface area contributed by atoms with E-state index in [1.54, 1.807) is 0 Å². The molecule has 0 radical (unpaired) electrons. The molecule has 1 heterocycles. The van der Waals surface area contributed by atoms with Crippen LogP contribution < -0.4 is 5.32 Å². The average Bonchev–Trinajstić information content (AvgIpc) is 3.02. The largest absolute Gasteiger partial charge is 0.416 e. The van der Waals surface area contributed by atoms with Crippen LogP contribution in [0.25, 0.3) is 5.69 Å². The van der Waals surface area contributed by atoms with E-state index >= 15 is 0 Å². The predicted octanol–water partition coefficient (Wildman–Crippen LogP) is 4.94. The van der Waals surface area contributed by atoms with Crippen molar-refractivity contribution >= 4 is 23.4 Å². The summed E-state index contributed by atoms with van der Waals surface area (Å²) >= 11 is 1.17. The minimum Gasteiger partial charge on any atom is -0.325 e. The van der Waals surface area contributed by atoms with Crippen molar-refractivity contribution < 1.29 is 18.0 Å². The van der Waals surface area contributed by atoms with Gasteiger partial charge in [-0.2, -0.15) is 13.2 Å². The summed E-state index contributed by atoms with van der Waals surface area (Å²) in [6.07, 6.45) is -4.46. The number of carbonyl (C=O) groups is 1. The lowest BCUT2D eigenvalue weighted by Gasteiger charge is -2.13. The molecule has 9 heteroatoms. The van der Waals surface area contributed by atoms with Crippen LogP contribution in [0.2, 0.25) is 0 Å². The lowest BCUT2D eigenvalue weighted by atomic mass is 10.1. The summed E-state index contributed by atoms with van der Waals surface area (Å²) in [5.41, 5.74) is 2.40. The van der Waals surface area contributed by atoms with Gasteiger partial charge in [0.15, 0.2) is 5.16 Å². The van der Waals surface area contributed by atoms with Crippen molar-refractivity contribution in [1.29, 1.82) is 0 Å². The van der Waals surface area contributed by atoms with Crippen LogP contribution in [-0.2, 0) is 11.0 Å². The number of benzene rings is 2. The SMILES string of the molecule is Cc1cccc(-n2c(C)nnc2SCC(=O)Nc2cccc(C(F)(F)F)c2)c1C. The Morgan fingerprint density at radius 2 is 1.83 bits per heavy atom. The molecule has 152 valence electrons. The van der Waals surface area contributed by atoms with Crippen LogP contribution in [0, 0.1) is 20.8 Å². The quantitative estimate of drug-likeness (QED) is 0.594. The monoisotopic (exact) mass is 420 g/mol. The van der Waals surface area contributed by atoms with Crippen LogP contribution in [-0.4, -0.2) is 26.4 Å². The predicted molar refractivity (Wildman–Crippen MR) is 106 cm³/mol. The standard InChI is InChI=1S/C20H19F3N4OS/c1-12-6-4-9-17(13(12)2)27-14(3)25-26-19(27)29-11-18(28)24-16-8-5-7-15(10-16)20(21,22)23/h4-10H,11H2,1-3H3,(H,24,28). The van der Waals surface area contributed by atoms with Gasteiger partial charge in [0.1, 0.15) is 5.82 Å². The van der Waals surface area contributed by atoms with E-state index in [1.165, 1.54) is 23.9 Å². The van der Waals surface area contributed by atoms with Crippen molar-refractivity contribution in [2.24, 2.45) is 0 Å². The fourth-order valence-corrected chi connectivity index (χ4v) is 3.58.